The normalized spacial score (nSPS) is 25.8. The van der Waals surface area contributed by atoms with Gasteiger partial charge in [0.15, 0.2) is 0 Å². The van der Waals surface area contributed by atoms with E-state index in [1.807, 2.05) is 45.9 Å². The van der Waals surface area contributed by atoms with Gasteiger partial charge in [0.25, 0.3) is 0 Å². The Labute approximate surface area is 197 Å². The molecule has 0 aliphatic carbocycles. The van der Waals surface area contributed by atoms with Crippen LogP contribution >= 0.6 is 0 Å². The molecule has 3 aromatic rings. The average molecular weight is 446 g/mol. The van der Waals surface area contributed by atoms with Gasteiger partial charge in [-0.3, -0.25) is 0 Å². The fourth-order valence-corrected chi connectivity index (χ4v) is 4.58. The van der Waals surface area contributed by atoms with E-state index in [1.165, 1.54) is 0 Å². The first-order chi connectivity index (χ1) is 15.4. The molecule has 0 radical (unpaired) electrons. The van der Waals surface area contributed by atoms with Crippen molar-refractivity contribution in [2.45, 2.75) is 77.3 Å². The van der Waals surface area contributed by atoms with Gasteiger partial charge in [-0.25, -0.2) is 0 Å². The first kappa shape index (κ1) is 22.7. The Kier molecular flexibility index (Phi) is 5.15. The van der Waals surface area contributed by atoms with Crippen LogP contribution in [-0.4, -0.2) is 36.4 Å². The largest absolute Gasteiger partial charge is 0.489 e. The van der Waals surface area contributed by atoms with Crippen molar-refractivity contribution in [1.82, 2.24) is 0 Å². The fourth-order valence-electron chi connectivity index (χ4n) is 4.58. The van der Waals surface area contributed by atoms with E-state index in [-0.39, 0.29) is 0 Å². The second kappa shape index (κ2) is 7.47. The van der Waals surface area contributed by atoms with Crippen molar-refractivity contribution in [3.05, 3.63) is 60.4 Å². The molecule has 0 bridgehead atoms. The van der Waals surface area contributed by atoms with Gasteiger partial charge in [-0.1, -0.05) is 48.5 Å². The maximum atomic E-state index is 6.52. The molecular weight excluding hydrogens is 414 g/mol. The second-order valence-electron chi connectivity index (χ2n) is 10.9. The van der Waals surface area contributed by atoms with Gasteiger partial charge in [-0.15, -0.1) is 0 Å². The van der Waals surface area contributed by atoms with Crippen LogP contribution in [0.25, 0.3) is 22.1 Å². The summed E-state index contributed by atoms with van der Waals surface area (Å²) in [6.45, 7) is 14.3. The molecule has 0 N–H and O–H groups in total. The molecule has 1 aromatic heterocycles. The predicted octanol–water partition coefficient (Wildman–Crippen LogP) is 5.89. The van der Waals surface area contributed by atoms with E-state index in [0.29, 0.717) is 6.42 Å². The molecular formula is C26H32B2O5. The molecule has 5 nitrogen and oxygen atoms in total. The number of hydrogen-bond acceptors (Lipinski definition) is 5. The third kappa shape index (κ3) is 3.75. The van der Waals surface area contributed by atoms with Crippen molar-refractivity contribution < 1.29 is 23.0 Å². The molecule has 0 amide bonds. The zero-order chi connectivity index (χ0) is 23.6. The minimum absolute atomic E-state index is 0.444. The number of furan rings is 1. The molecule has 2 aliphatic heterocycles. The molecule has 0 spiro atoms. The minimum Gasteiger partial charge on any atom is -0.460 e. The van der Waals surface area contributed by atoms with Gasteiger partial charge in [0.2, 0.25) is 0 Å². The SMILES string of the molecule is CC1(C)OB(B2OC(C)(C)C(C)(Cc3cc4cccc(-c5ccccc5)c4o3)O2)OC1(C)C. The van der Waals surface area contributed by atoms with E-state index in [4.69, 9.17) is 23.0 Å². The van der Waals surface area contributed by atoms with Crippen molar-refractivity contribution in [2.24, 2.45) is 0 Å². The molecule has 33 heavy (non-hydrogen) atoms. The molecule has 2 saturated heterocycles. The molecule has 7 heteroatoms. The Morgan fingerprint density at radius 2 is 1.27 bits per heavy atom. The first-order valence-electron chi connectivity index (χ1n) is 11.7. The quantitative estimate of drug-likeness (QED) is 0.469. The van der Waals surface area contributed by atoms with Gasteiger partial charge >= 0.3 is 14.0 Å². The van der Waals surface area contributed by atoms with Gasteiger partial charge in [-0.2, -0.15) is 0 Å². The monoisotopic (exact) mass is 446 g/mol. The molecule has 172 valence electrons. The Morgan fingerprint density at radius 3 is 1.94 bits per heavy atom. The Balaban J connectivity index is 1.42. The smallest absolute Gasteiger partial charge is 0.460 e. The van der Waals surface area contributed by atoms with Crippen LogP contribution in [0.3, 0.4) is 0 Å². The molecule has 1 unspecified atom stereocenters. The number of fused-ring (bicyclic) bond motifs is 1. The van der Waals surface area contributed by atoms with E-state index in [0.717, 1.165) is 27.9 Å². The lowest BCUT2D eigenvalue weighted by Crippen LogP contribution is -2.46. The van der Waals surface area contributed by atoms with Gasteiger partial charge in [0.1, 0.15) is 11.3 Å². The van der Waals surface area contributed by atoms with Crippen LogP contribution in [0, 0.1) is 0 Å². The fraction of sp³-hybridized carbons (Fsp3) is 0.462. The highest BCUT2D eigenvalue weighted by molar-refractivity contribution is 7.11. The average Bonchev–Trinajstić information content (AvgIpc) is 3.31. The van der Waals surface area contributed by atoms with Crippen LogP contribution in [0.4, 0.5) is 0 Å². The van der Waals surface area contributed by atoms with Crippen LogP contribution in [0.15, 0.2) is 59.0 Å². The highest BCUT2D eigenvalue weighted by atomic mass is 16.7. The maximum absolute atomic E-state index is 6.52. The van der Waals surface area contributed by atoms with Crippen molar-refractivity contribution >= 4 is 25.0 Å². The van der Waals surface area contributed by atoms with Gasteiger partial charge in [-0.05, 0) is 60.1 Å². The standard InChI is InChI=1S/C26H32B2O5/c1-23(2)24(3,4)31-27(30-23)28-32-25(5,6)26(7,33-28)17-20-16-19-14-11-15-21(22(19)29-20)18-12-9-8-10-13-18/h8-16H,17H2,1-7H3. The molecule has 0 saturated carbocycles. The van der Waals surface area contributed by atoms with Crippen LogP contribution < -0.4 is 0 Å². The Bertz CT molecular complexity index is 1150. The lowest BCUT2D eigenvalue weighted by atomic mass is 9.49. The topological polar surface area (TPSA) is 50.1 Å². The molecule has 3 heterocycles. The van der Waals surface area contributed by atoms with Crippen molar-refractivity contribution in [1.29, 1.82) is 0 Å². The lowest BCUT2D eigenvalue weighted by Gasteiger charge is -2.35. The van der Waals surface area contributed by atoms with Crippen molar-refractivity contribution in [2.75, 3.05) is 0 Å². The highest BCUT2D eigenvalue weighted by Gasteiger charge is 2.65. The van der Waals surface area contributed by atoms with Gasteiger partial charge < -0.3 is 23.0 Å². The molecule has 2 aromatic carbocycles. The number of benzene rings is 2. The summed E-state index contributed by atoms with van der Waals surface area (Å²) >= 11 is 0. The van der Waals surface area contributed by atoms with E-state index < -0.39 is 36.4 Å². The molecule has 1 atom stereocenters. The second-order valence-corrected chi connectivity index (χ2v) is 10.9. The summed E-state index contributed by atoms with van der Waals surface area (Å²) < 4.78 is 31.7. The summed E-state index contributed by atoms with van der Waals surface area (Å²) in [7, 11) is -1.20. The minimum atomic E-state index is -0.623. The summed E-state index contributed by atoms with van der Waals surface area (Å²) in [6, 6.07) is 18.7. The summed E-state index contributed by atoms with van der Waals surface area (Å²) in [5.74, 6) is 0.863. The first-order valence-corrected chi connectivity index (χ1v) is 11.7. The lowest BCUT2D eigenvalue weighted by molar-refractivity contribution is -0.0119. The summed E-state index contributed by atoms with van der Waals surface area (Å²) in [4.78, 5) is 0. The zero-order valence-electron chi connectivity index (χ0n) is 20.6. The van der Waals surface area contributed by atoms with Crippen LogP contribution in [0.5, 0.6) is 0 Å². The maximum Gasteiger partial charge on any atom is 0.489 e. The Morgan fingerprint density at radius 1 is 0.667 bits per heavy atom. The van der Waals surface area contributed by atoms with Crippen LogP contribution in [0.1, 0.15) is 54.2 Å². The van der Waals surface area contributed by atoms with Crippen molar-refractivity contribution in [3.63, 3.8) is 0 Å². The number of hydrogen-bond donors (Lipinski definition) is 0. The van der Waals surface area contributed by atoms with E-state index in [2.05, 4.69) is 57.2 Å². The molecule has 2 fully saturated rings. The molecule has 2 aliphatic rings. The third-order valence-corrected chi connectivity index (χ3v) is 7.75. The summed E-state index contributed by atoms with van der Waals surface area (Å²) in [6.07, 6.45) is 0.568. The van der Waals surface area contributed by atoms with E-state index >= 15 is 0 Å². The van der Waals surface area contributed by atoms with E-state index in [1.54, 1.807) is 0 Å². The zero-order valence-corrected chi connectivity index (χ0v) is 20.6. The number of para-hydroxylation sites is 1. The summed E-state index contributed by atoms with van der Waals surface area (Å²) in [5.41, 5.74) is 1.03. The van der Waals surface area contributed by atoms with Crippen LogP contribution in [-0.2, 0) is 25.0 Å². The predicted molar refractivity (Wildman–Crippen MR) is 132 cm³/mol. The third-order valence-electron chi connectivity index (χ3n) is 7.75. The summed E-state index contributed by atoms with van der Waals surface area (Å²) in [5, 5.41) is 1.08. The molecule has 5 rings (SSSR count). The number of rotatable bonds is 4. The van der Waals surface area contributed by atoms with Gasteiger partial charge in [0.05, 0.1) is 22.4 Å². The van der Waals surface area contributed by atoms with Gasteiger partial charge in [0, 0.05) is 17.4 Å². The van der Waals surface area contributed by atoms with E-state index in [9.17, 15) is 0 Å². The Hall–Kier alpha value is -2.05. The van der Waals surface area contributed by atoms with Crippen LogP contribution in [0.2, 0.25) is 0 Å². The van der Waals surface area contributed by atoms with Crippen molar-refractivity contribution in [3.8, 4) is 11.1 Å². The highest BCUT2D eigenvalue weighted by Crippen LogP contribution is 2.45.